The van der Waals surface area contributed by atoms with Crippen LogP contribution in [0.25, 0.3) is 0 Å². The van der Waals surface area contributed by atoms with E-state index < -0.39 is 0 Å². The fraction of sp³-hybridized carbons (Fsp3) is 0.389. The van der Waals surface area contributed by atoms with Crippen LogP contribution in [0, 0.1) is 0 Å². The van der Waals surface area contributed by atoms with E-state index in [2.05, 4.69) is 22.2 Å². The normalized spacial score (nSPS) is 10.3. The summed E-state index contributed by atoms with van der Waals surface area (Å²) in [7, 11) is 0. The molecule has 1 N–H and O–H groups in total. The van der Waals surface area contributed by atoms with Gasteiger partial charge in [-0.1, -0.05) is 43.7 Å². The molecule has 0 aliphatic heterocycles. The molecule has 0 atom stereocenters. The van der Waals surface area contributed by atoms with E-state index in [4.69, 9.17) is 0 Å². The van der Waals surface area contributed by atoms with Gasteiger partial charge in [-0.2, -0.15) is 0 Å². The summed E-state index contributed by atoms with van der Waals surface area (Å²) < 4.78 is 0. The maximum absolute atomic E-state index is 12.6. The lowest BCUT2D eigenvalue weighted by Crippen LogP contribution is -2.31. The highest BCUT2D eigenvalue weighted by Crippen LogP contribution is 2.09. The van der Waals surface area contributed by atoms with E-state index in [9.17, 15) is 4.79 Å². The van der Waals surface area contributed by atoms with E-state index in [0.29, 0.717) is 24.6 Å². The number of carbonyl (C=O) groups excluding carboxylic acids is 1. The van der Waals surface area contributed by atoms with E-state index >= 15 is 0 Å². The predicted octanol–water partition coefficient (Wildman–Crippen LogP) is 3.35. The van der Waals surface area contributed by atoms with Crippen LogP contribution >= 0.6 is 0 Å². The van der Waals surface area contributed by atoms with Crippen molar-refractivity contribution < 1.29 is 4.79 Å². The van der Waals surface area contributed by atoms with E-state index in [0.717, 1.165) is 24.9 Å². The number of carbonyl (C=O) groups is 1. The van der Waals surface area contributed by atoms with Gasteiger partial charge < -0.3 is 10.2 Å². The fourth-order valence-electron chi connectivity index (χ4n) is 2.22. The van der Waals surface area contributed by atoms with Gasteiger partial charge in [0.15, 0.2) is 0 Å². The highest BCUT2D eigenvalue weighted by molar-refractivity contribution is 5.92. The number of hydrogen-bond acceptors (Lipinski definition) is 4. The Kier molecular flexibility index (Phi) is 6.54. The van der Waals surface area contributed by atoms with Gasteiger partial charge in [-0.25, -0.2) is 9.97 Å². The second-order valence-electron chi connectivity index (χ2n) is 5.37. The van der Waals surface area contributed by atoms with Gasteiger partial charge in [0.1, 0.15) is 11.5 Å². The highest BCUT2D eigenvalue weighted by atomic mass is 16.2. The Bertz CT molecular complexity index is 598. The van der Waals surface area contributed by atoms with Crippen LogP contribution in [-0.2, 0) is 6.54 Å². The smallest absolute Gasteiger partial charge is 0.274 e. The molecule has 0 unspecified atom stereocenters. The first-order valence-electron chi connectivity index (χ1n) is 8.13. The molecule has 5 nitrogen and oxygen atoms in total. The van der Waals surface area contributed by atoms with Crippen LogP contribution in [0.1, 0.15) is 42.7 Å². The Morgan fingerprint density at radius 1 is 1.13 bits per heavy atom. The Morgan fingerprint density at radius 2 is 1.91 bits per heavy atom. The number of hydrogen-bond donors (Lipinski definition) is 1. The molecule has 0 aliphatic carbocycles. The van der Waals surface area contributed by atoms with Crippen LogP contribution in [0.3, 0.4) is 0 Å². The summed E-state index contributed by atoms with van der Waals surface area (Å²) >= 11 is 0. The monoisotopic (exact) mass is 312 g/mol. The molecule has 1 aromatic carbocycles. The van der Waals surface area contributed by atoms with Crippen molar-refractivity contribution in [1.29, 1.82) is 0 Å². The third-order valence-electron chi connectivity index (χ3n) is 3.59. The summed E-state index contributed by atoms with van der Waals surface area (Å²) in [4.78, 5) is 22.8. The summed E-state index contributed by atoms with van der Waals surface area (Å²) in [6, 6.07) is 9.95. The molecule has 2 rings (SSSR count). The molecule has 0 aliphatic rings. The number of amides is 1. The first-order chi connectivity index (χ1) is 11.2. The Morgan fingerprint density at radius 3 is 2.52 bits per heavy atom. The first kappa shape index (κ1) is 16.9. The van der Waals surface area contributed by atoms with Gasteiger partial charge in [-0.05, 0) is 18.9 Å². The molecule has 0 radical (unpaired) electrons. The third-order valence-corrected chi connectivity index (χ3v) is 3.59. The Balaban J connectivity index is 2.00. The quantitative estimate of drug-likeness (QED) is 0.759. The average molecular weight is 312 g/mol. The van der Waals surface area contributed by atoms with Crippen molar-refractivity contribution in [3.05, 3.63) is 54.0 Å². The van der Waals surface area contributed by atoms with Crippen molar-refractivity contribution in [2.24, 2.45) is 0 Å². The molecule has 0 saturated heterocycles. The van der Waals surface area contributed by atoms with Crippen LogP contribution in [0.4, 0.5) is 5.82 Å². The number of nitrogens with one attached hydrogen (secondary N) is 1. The summed E-state index contributed by atoms with van der Waals surface area (Å²) in [6.45, 7) is 6.18. The van der Waals surface area contributed by atoms with Gasteiger partial charge in [0.2, 0.25) is 0 Å². The Hall–Kier alpha value is -2.43. The predicted molar refractivity (Wildman–Crippen MR) is 92.3 cm³/mol. The minimum absolute atomic E-state index is 0.0936. The molecule has 0 bridgehead atoms. The van der Waals surface area contributed by atoms with Crippen LogP contribution in [-0.4, -0.2) is 33.9 Å². The van der Waals surface area contributed by atoms with Crippen molar-refractivity contribution in [3.8, 4) is 0 Å². The molecular weight excluding hydrogens is 288 g/mol. The highest BCUT2D eigenvalue weighted by Gasteiger charge is 2.16. The molecule has 0 spiro atoms. The van der Waals surface area contributed by atoms with E-state index in [1.165, 1.54) is 0 Å². The summed E-state index contributed by atoms with van der Waals surface area (Å²) in [5.41, 5.74) is 1.48. The van der Waals surface area contributed by atoms with Crippen LogP contribution in [0.2, 0.25) is 0 Å². The van der Waals surface area contributed by atoms with Crippen molar-refractivity contribution in [1.82, 2.24) is 14.9 Å². The zero-order chi connectivity index (χ0) is 16.5. The lowest BCUT2D eigenvalue weighted by molar-refractivity contribution is 0.0746. The molecule has 2 aromatic rings. The van der Waals surface area contributed by atoms with E-state index in [-0.39, 0.29) is 5.91 Å². The van der Waals surface area contributed by atoms with E-state index in [1.807, 2.05) is 37.3 Å². The number of aromatic nitrogens is 2. The topological polar surface area (TPSA) is 58.1 Å². The van der Waals surface area contributed by atoms with Crippen LogP contribution < -0.4 is 5.32 Å². The van der Waals surface area contributed by atoms with E-state index in [1.54, 1.807) is 17.3 Å². The van der Waals surface area contributed by atoms with Gasteiger partial charge in [0.25, 0.3) is 5.91 Å². The molecule has 5 heteroatoms. The number of rotatable bonds is 8. The van der Waals surface area contributed by atoms with Crippen molar-refractivity contribution >= 4 is 11.7 Å². The van der Waals surface area contributed by atoms with Gasteiger partial charge in [-0.15, -0.1) is 0 Å². The molecule has 1 aromatic heterocycles. The minimum Gasteiger partial charge on any atom is -0.369 e. The summed E-state index contributed by atoms with van der Waals surface area (Å²) in [5.74, 6) is 0.616. The number of unbranched alkanes of at least 4 members (excludes halogenated alkanes) is 1. The lowest BCUT2D eigenvalue weighted by atomic mass is 10.2. The number of anilines is 1. The van der Waals surface area contributed by atoms with Gasteiger partial charge in [0, 0.05) is 19.6 Å². The second-order valence-corrected chi connectivity index (χ2v) is 5.37. The molecule has 1 heterocycles. The summed E-state index contributed by atoms with van der Waals surface area (Å²) in [6.07, 6.45) is 5.38. The first-order valence-corrected chi connectivity index (χ1v) is 8.13. The molecule has 23 heavy (non-hydrogen) atoms. The molecular formula is C18H24N4O. The van der Waals surface area contributed by atoms with Gasteiger partial charge in [-0.3, -0.25) is 4.79 Å². The molecule has 0 saturated carbocycles. The van der Waals surface area contributed by atoms with Gasteiger partial charge >= 0.3 is 0 Å². The van der Waals surface area contributed by atoms with Gasteiger partial charge in [0.05, 0.1) is 12.4 Å². The number of benzene rings is 1. The molecule has 1 amide bonds. The standard InChI is InChI=1S/C18H24N4O/c1-3-5-11-19-17-13-20-16(12-21-17)18(23)22(4-2)14-15-9-7-6-8-10-15/h6-10,12-13H,3-5,11,14H2,1-2H3,(H,19,21). The maximum atomic E-state index is 12.6. The largest absolute Gasteiger partial charge is 0.369 e. The Labute approximate surface area is 137 Å². The molecule has 0 fully saturated rings. The summed E-state index contributed by atoms with van der Waals surface area (Å²) in [5, 5.41) is 3.20. The zero-order valence-corrected chi connectivity index (χ0v) is 13.8. The maximum Gasteiger partial charge on any atom is 0.274 e. The average Bonchev–Trinajstić information content (AvgIpc) is 2.61. The minimum atomic E-state index is -0.0936. The fourth-order valence-corrected chi connectivity index (χ4v) is 2.22. The van der Waals surface area contributed by atoms with Crippen LogP contribution in [0.5, 0.6) is 0 Å². The third kappa shape index (κ3) is 5.06. The zero-order valence-electron chi connectivity index (χ0n) is 13.8. The SMILES string of the molecule is CCCCNc1cnc(C(=O)N(CC)Cc2ccccc2)cn1. The molecule has 122 valence electrons. The van der Waals surface area contributed by atoms with Crippen LogP contribution in [0.15, 0.2) is 42.7 Å². The van der Waals surface area contributed by atoms with Crippen molar-refractivity contribution in [2.45, 2.75) is 33.2 Å². The number of nitrogens with zero attached hydrogens (tertiary/aromatic N) is 3. The van der Waals surface area contributed by atoms with Crippen molar-refractivity contribution in [3.63, 3.8) is 0 Å². The van der Waals surface area contributed by atoms with Crippen molar-refractivity contribution in [2.75, 3.05) is 18.4 Å². The second kappa shape index (κ2) is 8.88. The lowest BCUT2D eigenvalue weighted by Gasteiger charge is -2.20.